The Hall–Kier alpha value is -2.44. The van der Waals surface area contributed by atoms with E-state index in [1.165, 1.54) is 12.1 Å². The average Bonchev–Trinajstić information content (AvgIpc) is 2.52. The lowest BCUT2D eigenvalue weighted by Crippen LogP contribution is -2.26. The van der Waals surface area contributed by atoms with Gasteiger partial charge < -0.3 is 15.7 Å². The van der Waals surface area contributed by atoms with E-state index < -0.39 is 17.7 Å². The number of unbranched alkanes of at least 4 members (excludes halogenated alkanes) is 3. The second-order valence-corrected chi connectivity index (χ2v) is 5.85. The topological polar surface area (TPSA) is 95.5 Å². The number of halogens is 1. The Morgan fingerprint density at radius 3 is 2.67 bits per heavy atom. The highest BCUT2D eigenvalue weighted by molar-refractivity contribution is 5.98. The Labute approximate surface area is 139 Å². The number of nitrogens with one attached hydrogen (secondary N) is 2. The maximum Gasteiger partial charge on any atom is 0.303 e. The number of hydrogen-bond acceptors (Lipinski definition) is 3. The number of fused-ring (bicyclic) bond motifs is 1. The number of amides is 2. The summed E-state index contributed by atoms with van der Waals surface area (Å²) in [5.74, 6) is -2.09. The lowest BCUT2D eigenvalue weighted by Gasteiger charge is -2.18. The van der Waals surface area contributed by atoms with Crippen LogP contribution < -0.4 is 10.6 Å². The Morgan fingerprint density at radius 2 is 1.92 bits per heavy atom. The van der Waals surface area contributed by atoms with Gasteiger partial charge in [0.1, 0.15) is 5.82 Å². The highest BCUT2D eigenvalue weighted by Gasteiger charge is 2.20. The number of aryl methyl sites for hydroxylation is 1. The fourth-order valence-electron chi connectivity index (χ4n) is 2.63. The van der Waals surface area contributed by atoms with Crippen LogP contribution in [0, 0.1) is 5.82 Å². The molecule has 24 heavy (non-hydrogen) atoms. The van der Waals surface area contributed by atoms with Gasteiger partial charge in [-0.25, -0.2) is 4.39 Å². The first kappa shape index (κ1) is 17.9. The third kappa shape index (κ3) is 5.04. The van der Waals surface area contributed by atoms with E-state index >= 15 is 0 Å². The molecule has 1 aliphatic rings. The highest BCUT2D eigenvalue weighted by Crippen LogP contribution is 2.25. The number of benzene rings is 1. The Kier molecular flexibility index (Phi) is 6.28. The van der Waals surface area contributed by atoms with Gasteiger partial charge in [-0.05, 0) is 37.0 Å². The number of rotatable bonds is 8. The molecule has 0 bridgehead atoms. The predicted molar refractivity (Wildman–Crippen MR) is 86.4 cm³/mol. The van der Waals surface area contributed by atoms with E-state index in [4.69, 9.17) is 5.11 Å². The Bertz CT molecular complexity index is 646. The molecule has 2 rings (SSSR count). The summed E-state index contributed by atoms with van der Waals surface area (Å²) in [6.07, 6.45) is 3.91. The van der Waals surface area contributed by atoms with Gasteiger partial charge in [-0.1, -0.05) is 12.8 Å². The van der Waals surface area contributed by atoms with Crippen molar-refractivity contribution in [1.29, 1.82) is 0 Å². The molecule has 0 saturated carbocycles. The van der Waals surface area contributed by atoms with Crippen LogP contribution in [0.2, 0.25) is 0 Å². The van der Waals surface area contributed by atoms with Gasteiger partial charge in [0, 0.05) is 25.1 Å². The SMILES string of the molecule is O=C(O)CCCCCCNC(=O)c1cc2c(cc1F)NC(=O)CC2. The molecule has 0 unspecified atom stereocenters. The normalized spacial score (nSPS) is 13.1. The van der Waals surface area contributed by atoms with Crippen molar-refractivity contribution in [2.75, 3.05) is 11.9 Å². The number of carbonyl (C=O) groups is 3. The first-order valence-electron chi connectivity index (χ1n) is 8.09. The smallest absolute Gasteiger partial charge is 0.303 e. The maximum atomic E-state index is 14.0. The largest absolute Gasteiger partial charge is 0.481 e. The van der Waals surface area contributed by atoms with Crippen molar-refractivity contribution in [3.8, 4) is 0 Å². The molecule has 1 heterocycles. The van der Waals surface area contributed by atoms with E-state index in [-0.39, 0.29) is 17.9 Å². The first-order valence-corrected chi connectivity index (χ1v) is 8.09. The third-order valence-corrected chi connectivity index (χ3v) is 3.94. The van der Waals surface area contributed by atoms with E-state index in [2.05, 4.69) is 10.6 Å². The molecule has 7 heteroatoms. The molecule has 0 fully saturated rings. The molecule has 0 aliphatic carbocycles. The van der Waals surface area contributed by atoms with E-state index in [1.807, 2.05) is 0 Å². The predicted octanol–water partition coefficient (Wildman–Crippen LogP) is 2.48. The summed E-state index contributed by atoms with van der Waals surface area (Å²) in [5.41, 5.74) is 1.17. The van der Waals surface area contributed by atoms with Gasteiger partial charge in [-0.2, -0.15) is 0 Å². The molecule has 1 aliphatic heterocycles. The van der Waals surface area contributed by atoms with Crippen molar-refractivity contribution in [1.82, 2.24) is 5.32 Å². The molecule has 3 N–H and O–H groups in total. The second-order valence-electron chi connectivity index (χ2n) is 5.85. The van der Waals surface area contributed by atoms with Crippen LogP contribution in [0.25, 0.3) is 0 Å². The number of hydrogen-bond donors (Lipinski definition) is 3. The minimum Gasteiger partial charge on any atom is -0.481 e. The lowest BCUT2D eigenvalue weighted by atomic mass is 9.99. The van der Waals surface area contributed by atoms with Gasteiger partial charge >= 0.3 is 5.97 Å². The molecule has 130 valence electrons. The zero-order chi connectivity index (χ0) is 17.5. The summed E-state index contributed by atoms with van der Waals surface area (Å²) in [6, 6.07) is 2.68. The summed E-state index contributed by atoms with van der Waals surface area (Å²) >= 11 is 0. The number of carbonyl (C=O) groups excluding carboxylic acids is 2. The molecule has 0 aromatic heterocycles. The minimum atomic E-state index is -0.803. The van der Waals surface area contributed by atoms with Crippen molar-refractivity contribution in [3.05, 3.63) is 29.1 Å². The molecular weight excluding hydrogens is 315 g/mol. The van der Waals surface area contributed by atoms with E-state index in [0.29, 0.717) is 37.9 Å². The summed E-state index contributed by atoms with van der Waals surface area (Å²) < 4.78 is 14.0. The zero-order valence-electron chi connectivity index (χ0n) is 13.4. The zero-order valence-corrected chi connectivity index (χ0v) is 13.4. The summed E-state index contributed by atoms with van der Waals surface area (Å²) in [4.78, 5) is 33.7. The van der Waals surface area contributed by atoms with Crippen LogP contribution in [0.5, 0.6) is 0 Å². The Balaban J connectivity index is 1.80. The van der Waals surface area contributed by atoms with E-state index in [9.17, 15) is 18.8 Å². The quantitative estimate of drug-likeness (QED) is 0.636. The van der Waals surface area contributed by atoms with Crippen molar-refractivity contribution in [3.63, 3.8) is 0 Å². The molecule has 1 aromatic rings. The maximum absolute atomic E-state index is 14.0. The van der Waals surface area contributed by atoms with E-state index in [1.54, 1.807) is 0 Å². The van der Waals surface area contributed by atoms with Crippen LogP contribution in [0.4, 0.5) is 10.1 Å². The van der Waals surface area contributed by atoms with Crippen molar-refractivity contribution in [2.45, 2.75) is 44.9 Å². The number of anilines is 1. The van der Waals surface area contributed by atoms with Gasteiger partial charge in [-0.15, -0.1) is 0 Å². The lowest BCUT2D eigenvalue weighted by molar-refractivity contribution is -0.137. The van der Waals surface area contributed by atoms with Gasteiger partial charge in [0.2, 0.25) is 5.91 Å². The Morgan fingerprint density at radius 1 is 1.17 bits per heavy atom. The van der Waals surface area contributed by atoms with Gasteiger partial charge in [0.15, 0.2) is 0 Å². The fourth-order valence-corrected chi connectivity index (χ4v) is 2.63. The van der Waals surface area contributed by atoms with Crippen LogP contribution in [-0.2, 0) is 16.0 Å². The van der Waals surface area contributed by atoms with Crippen molar-refractivity contribution < 1.29 is 23.9 Å². The fraction of sp³-hybridized carbons (Fsp3) is 0.471. The molecule has 6 nitrogen and oxygen atoms in total. The second kappa shape index (κ2) is 8.42. The van der Waals surface area contributed by atoms with Crippen molar-refractivity contribution >= 4 is 23.5 Å². The van der Waals surface area contributed by atoms with Crippen LogP contribution in [0.15, 0.2) is 12.1 Å². The molecule has 0 saturated heterocycles. The number of carboxylic acids is 1. The van der Waals surface area contributed by atoms with Crippen LogP contribution in [0.1, 0.15) is 54.4 Å². The molecule has 0 radical (unpaired) electrons. The minimum absolute atomic E-state index is 0.0178. The number of carboxylic acid groups (broad SMARTS) is 1. The number of aliphatic carboxylic acids is 1. The molecule has 2 amide bonds. The summed E-state index contributed by atoms with van der Waals surface area (Å²) in [6.45, 7) is 0.416. The first-order chi connectivity index (χ1) is 11.5. The highest BCUT2D eigenvalue weighted by atomic mass is 19.1. The van der Waals surface area contributed by atoms with Crippen molar-refractivity contribution in [2.24, 2.45) is 0 Å². The van der Waals surface area contributed by atoms with Crippen LogP contribution >= 0.6 is 0 Å². The van der Waals surface area contributed by atoms with E-state index in [0.717, 1.165) is 18.4 Å². The van der Waals surface area contributed by atoms with Gasteiger partial charge in [-0.3, -0.25) is 14.4 Å². The molecule has 0 spiro atoms. The van der Waals surface area contributed by atoms with Gasteiger partial charge in [0.25, 0.3) is 5.91 Å². The summed E-state index contributed by atoms with van der Waals surface area (Å²) in [5, 5.41) is 13.8. The van der Waals surface area contributed by atoms with Crippen LogP contribution in [0.3, 0.4) is 0 Å². The van der Waals surface area contributed by atoms with Crippen LogP contribution in [-0.4, -0.2) is 29.4 Å². The molecular formula is C17H21FN2O4. The molecule has 1 aromatic carbocycles. The van der Waals surface area contributed by atoms with Gasteiger partial charge in [0.05, 0.1) is 5.56 Å². The average molecular weight is 336 g/mol. The standard InChI is InChI=1S/C17H21FN2O4/c18-13-10-14-11(6-7-15(21)20-14)9-12(13)17(24)19-8-4-2-1-3-5-16(22)23/h9-10H,1-8H2,(H,19,24)(H,20,21)(H,22,23). The monoisotopic (exact) mass is 336 g/mol. The summed E-state index contributed by atoms with van der Waals surface area (Å²) in [7, 11) is 0. The third-order valence-electron chi connectivity index (χ3n) is 3.94. The molecule has 0 atom stereocenters.